The fourth-order valence-corrected chi connectivity index (χ4v) is 2.67. The minimum absolute atomic E-state index is 0.265. The predicted molar refractivity (Wildman–Crippen MR) is 112 cm³/mol. The van der Waals surface area contributed by atoms with Gasteiger partial charge in [-0.3, -0.25) is 9.98 Å². The number of nitrogens with two attached hydrogens (primary N) is 1. The molecule has 0 spiro atoms. The highest BCUT2D eigenvalue weighted by atomic mass is 16.3. The van der Waals surface area contributed by atoms with E-state index in [4.69, 9.17) is 5.73 Å². The number of aliphatic imine (C=N–C) groups is 1. The molecule has 0 aliphatic carbocycles. The van der Waals surface area contributed by atoms with Crippen LogP contribution < -0.4 is 11.1 Å². The lowest BCUT2D eigenvalue weighted by Gasteiger charge is -2.10. The van der Waals surface area contributed by atoms with Gasteiger partial charge in [-0.2, -0.15) is 5.10 Å². The van der Waals surface area contributed by atoms with E-state index in [9.17, 15) is 5.11 Å². The Morgan fingerprint density at radius 1 is 1.21 bits per heavy atom. The first-order valence-electron chi connectivity index (χ1n) is 8.90. The molecule has 4 N–H and O–H groups in total. The van der Waals surface area contributed by atoms with E-state index in [1.165, 1.54) is 0 Å². The van der Waals surface area contributed by atoms with Gasteiger partial charge in [-0.15, -0.1) is 5.10 Å². The van der Waals surface area contributed by atoms with Gasteiger partial charge in [-0.1, -0.05) is 13.8 Å². The Hall–Kier alpha value is -3.39. The zero-order valence-electron chi connectivity index (χ0n) is 16.1. The maximum atomic E-state index is 9.37. The van der Waals surface area contributed by atoms with Crippen LogP contribution in [-0.4, -0.2) is 45.1 Å². The van der Waals surface area contributed by atoms with Crippen LogP contribution in [0.2, 0.25) is 0 Å². The SMILES string of the molecule is CN=CC(=C(N)CO)c1cnc2ccc(Nc3cc(C(C)C)cnn3)nc2c1. The van der Waals surface area contributed by atoms with Crippen molar-refractivity contribution in [2.75, 3.05) is 19.0 Å². The molecule has 0 unspecified atom stereocenters. The molecule has 8 heteroatoms. The van der Waals surface area contributed by atoms with Gasteiger partial charge < -0.3 is 16.2 Å². The Morgan fingerprint density at radius 2 is 2.04 bits per heavy atom. The lowest BCUT2D eigenvalue weighted by Crippen LogP contribution is -2.08. The highest BCUT2D eigenvalue weighted by Crippen LogP contribution is 2.22. The Balaban J connectivity index is 1.97. The molecular formula is C20H23N7O. The molecule has 0 saturated carbocycles. The summed E-state index contributed by atoms with van der Waals surface area (Å²) in [6, 6.07) is 7.54. The molecule has 3 rings (SSSR count). The summed E-state index contributed by atoms with van der Waals surface area (Å²) in [6.45, 7) is 3.94. The first-order chi connectivity index (χ1) is 13.5. The number of nitrogens with one attached hydrogen (secondary N) is 1. The van der Waals surface area contributed by atoms with Crippen LogP contribution in [0.15, 0.2) is 47.3 Å². The van der Waals surface area contributed by atoms with E-state index in [-0.39, 0.29) is 6.61 Å². The second-order valence-electron chi connectivity index (χ2n) is 6.60. The second kappa shape index (κ2) is 8.53. The number of aliphatic hydroxyl groups excluding tert-OH is 1. The van der Waals surface area contributed by atoms with Crippen LogP contribution in [0.3, 0.4) is 0 Å². The molecule has 0 atom stereocenters. The maximum absolute atomic E-state index is 9.37. The van der Waals surface area contributed by atoms with E-state index in [1.807, 2.05) is 24.3 Å². The largest absolute Gasteiger partial charge is 0.400 e. The zero-order valence-corrected chi connectivity index (χ0v) is 16.1. The molecule has 0 radical (unpaired) electrons. The molecule has 3 aromatic rings. The molecule has 0 amide bonds. The van der Waals surface area contributed by atoms with Crippen molar-refractivity contribution in [3.8, 4) is 0 Å². The van der Waals surface area contributed by atoms with Gasteiger partial charge in [0, 0.05) is 36.3 Å². The number of rotatable bonds is 6. The summed E-state index contributed by atoms with van der Waals surface area (Å²) in [7, 11) is 1.64. The zero-order chi connectivity index (χ0) is 20.1. The van der Waals surface area contributed by atoms with Gasteiger partial charge in [0.15, 0.2) is 5.82 Å². The van der Waals surface area contributed by atoms with Gasteiger partial charge in [0.2, 0.25) is 0 Å². The quantitative estimate of drug-likeness (QED) is 0.564. The normalized spacial score (nSPS) is 12.6. The van der Waals surface area contributed by atoms with Crippen molar-refractivity contribution in [1.82, 2.24) is 20.2 Å². The summed E-state index contributed by atoms with van der Waals surface area (Å²) >= 11 is 0. The minimum atomic E-state index is -0.265. The number of hydrogen-bond acceptors (Lipinski definition) is 8. The van der Waals surface area contributed by atoms with Crippen LogP contribution in [-0.2, 0) is 0 Å². The Morgan fingerprint density at radius 3 is 2.75 bits per heavy atom. The van der Waals surface area contributed by atoms with E-state index in [1.54, 1.807) is 25.7 Å². The third kappa shape index (κ3) is 4.29. The van der Waals surface area contributed by atoms with E-state index >= 15 is 0 Å². The average molecular weight is 377 g/mol. The van der Waals surface area contributed by atoms with Gasteiger partial charge >= 0.3 is 0 Å². The number of allylic oxidation sites excluding steroid dienone is 1. The number of pyridine rings is 2. The molecule has 0 aliphatic rings. The molecule has 0 aromatic carbocycles. The molecule has 28 heavy (non-hydrogen) atoms. The number of anilines is 2. The van der Waals surface area contributed by atoms with Gasteiger partial charge in [-0.05, 0) is 35.7 Å². The standard InChI is InChI=1S/C20H23N7O/c1-12(2)13-7-20(27-24-9-13)26-19-5-4-17-18(25-19)6-14(8-23-17)15(10-22-3)16(21)11-28/h4-10,12,28H,11,21H2,1-3H3,(H,25,26,27). The van der Waals surface area contributed by atoms with Gasteiger partial charge in [0.05, 0.1) is 23.8 Å². The third-order valence-electron chi connectivity index (χ3n) is 4.22. The van der Waals surface area contributed by atoms with Crippen molar-refractivity contribution >= 4 is 34.5 Å². The molecule has 8 nitrogen and oxygen atoms in total. The molecule has 3 aromatic heterocycles. The topological polar surface area (TPSA) is 122 Å². The van der Waals surface area contributed by atoms with E-state index in [2.05, 4.69) is 44.3 Å². The summed E-state index contributed by atoms with van der Waals surface area (Å²) in [4.78, 5) is 13.1. The molecule has 0 aliphatic heterocycles. The van der Waals surface area contributed by atoms with Crippen LogP contribution in [0, 0.1) is 0 Å². The van der Waals surface area contributed by atoms with Crippen molar-refractivity contribution < 1.29 is 5.11 Å². The molecular weight excluding hydrogens is 354 g/mol. The average Bonchev–Trinajstić information content (AvgIpc) is 2.71. The van der Waals surface area contributed by atoms with Gasteiger partial charge in [0.25, 0.3) is 0 Å². The number of fused-ring (bicyclic) bond motifs is 1. The number of aromatic nitrogens is 4. The minimum Gasteiger partial charge on any atom is -0.400 e. The molecule has 0 bridgehead atoms. The predicted octanol–water partition coefficient (Wildman–Crippen LogP) is 2.65. The molecule has 0 saturated heterocycles. The van der Waals surface area contributed by atoms with Crippen LogP contribution in [0.5, 0.6) is 0 Å². The van der Waals surface area contributed by atoms with Crippen molar-refractivity contribution in [3.05, 3.63) is 53.5 Å². The van der Waals surface area contributed by atoms with E-state index < -0.39 is 0 Å². The Kier molecular flexibility index (Phi) is 5.90. The Labute approximate surface area is 163 Å². The lowest BCUT2D eigenvalue weighted by molar-refractivity contribution is 0.330. The summed E-state index contributed by atoms with van der Waals surface area (Å²) < 4.78 is 0. The first kappa shape index (κ1) is 19.4. The first-order valence-corrected chi connectivity index (χ1v) is 8.90. The highest BCUT2D eigenvalue weighted by Gasteiger charge is 2.09. The third-order valence-corrected chi connectivity index (χ3v) is 4.22. The second-order valence-corrected chi connectivity index (χ2v) is 6.60. The number of nitrogens with zero attached hydrogens (tertiary/aromatic N) is 5. The van der Waals surface area contributed by atoms with Gasteiger partial charge in [0.1, 0.15) is 5.82 Å². The molecule has 3 heterocycles. The van der Waals surface area contributed by atoms with Crippen LogP contribution in [0.4, 0.5) is 11.6 Å². The van der Waals surface area contributed by atoms with Crippen LogP contribution in [0.25, 0.3) is 16.6 Å². The molecule has 0 fully saturated rings. The van der Waals surface area contributed by atoms with Crippen molar-refractivity contribution in [2.24, 2.45) is 10.7 Å². The Bertz CT molecular complexity index is 1040. The smallest absolute Gasteiger partial charge is 0.154 e. The van der Waals surface area contributed by atoms with E-state index in [0.717, 1.165) is 16.6 Å². The van der Waals surface area contributed by atoms with Crippen LogP contribution in [0.1, 0.15) is 30.9 Å². The fraction of sp³-hybridized carbons (Fsp3) is 0.250. The van der Waals surface area contributed by atoms with Crippen LogP contribution >= 0.6 is 0 Å². The van der Waals surface area contributed by atoms with E-state index in [0.29, 0.717) is 34.3 Å². The van der Waals surface area contributed by atoms with Crippen molar-refractivity contribution in [2.45, 2.75) is 19.8 Å². The summed E-state index contributed by atoms with van der Waals surface area (Å²) in [5, 5.41) is 20.7. The van der Waals surface area contributed by atoms with Gasteiger partial charge in [-0.25, -0.2) is 4.98 Å². The van der Waals surface area contributed by atoms with Crippen molar-refractivity contribution in [1.29, 1.82) is 0 Å². The maximum Gasteiger partial charge on any atom is 0.154 e. The fourth-order valence-electron chi connectivity index (χ4n) is 2.67. The van der Waals surface area contributed by atoms with Crippen molar-refractivity contribution in [3.63, 3.8) is 0 Å². The number of hydrogen-bond donors (Lipinski definition) is 3. The number of aliphatic hydroxyl groups is 1. The molecule has 144 valence electrons. The lowest BCUT2D eigenvalue weighted by atomic mass is 10.1. The highest BCUT2D eigenvalue weighted by molar-refractivity contribution is 6.11. The summed E-state index contributed by atoms with van der Waals surface area (Å²) in [5.41, 5.74) is 10.1. The summed E-state index contributed by atoms with van der Waals surface area (Å²) in [6.07, 6.45) is 5.05. The monoisotopic (exact) mass is 377 g/mol. The summed E-state index contributed by atoms with van der Waals surface area (Å²) in [5.74, 6) is 1.62.